The third kappa shape index (κ3) is 4.34. The van der Waals surface area contributed by atoms with Gasteiger partial charge in [0.05, 0.1) is 23.7 Å². The Labute approximate surface area is 202 Å². The first-order chi connectivity index (χ1) is 16.8. The molecular formula is C26H27FN6O2. The molecule has 2 fully saturated rings. The molecule has 9 heteroatoms. The van der Waals surface area contributed by atoms with E-state index in [1.807, 2.05) is 37.5 Å². The molecule has 2 amide bonds. The number of rotatable bonds is 7. The van der Waals surface area contributed by atoms with Gasteiger partial charge in [0.2, 0.25) is 17.8 Å². The zero-order chi connectivity index (χ0) is 24.7. The first kappa shape index (κ1) is 22.9. The van der Waals surface area contributed by atoms with Crippen LogP contribution in [0.1, 0.15) is 31.7 Å². The van der Waals surface area contributed by atoms with Crippen LogP contribution in [0, 0.1) is 22.7 Å². The maximum absolute atomic E-state index is 14.4. The number of hydrogen-bond donors (Lipinski definition) is 2. The van der Waals surface area contributed by atoms with E-state index in [0.717, 1.165) is 29.5 Å². The van der Waals surface area contributed by atoms with Gasteiger partial charge in [0.15, 0.2) is 0 Å². The molecule has 0 spiro atoms. The Morgan fingerprint density at radius 3 is 2.74 bits per heavy atom. The molecule has 1 aliphatic carbocycles. The largest absolute Gasteiger partial charge is 0.311 e. The number of halogens is 1. The zero-order valence-electron chi connectivity index (χ0n) is 19.7. The van der Waals surface area contributed by atoms with Crippen LogP contribution in [0.25, 0.3) is 11.1 Å². The average molecular weight is 475 g/mol. The van der Waals surface area contributed by atoms with Crippen LogP contribution in [0.2, 0.25) is 0 Å². The second-order valence-corrected chi connectivity index (χ2v) is 9.44. The normalized spacial score (nSPS) is 19.7. The number of nitrogens with zero attached hydrogens (tertiary/aromatic N) is 4. The van der Waals surface area contributed by atoms with Gasteiger partial charge in [-0.1, -0.05) is 24.3 Å². The molecule has 1 saturated carbocycles. The molecule has 1 saturated heterocycles. The summed E-state index contributed by atoms with van der Waals surface area (Å²) in [6, 6.07) is 10.3. The number of benzene rings is 1. The maximum atomic E-state index is 14.4. The van der Waals surface area contributed by atoms with E-state index in [9.17, 15) is 14.0 Å². The van der Waals surface area contributed by atoms with E-state index < -0.39 is 11.4 Å². The molecule has 2 aliphatic rings. The van der Waals surface area contributed by atoms with E-state index in [1.54, 1.807) is 17.8 Å². The molecule has 5 rings (SSSR count). The molecule has 0 bridgehead atoms. The van der Waals surface area contributed by atoms with E-state index in [-0.39, 0.29) is 30.0 Å². The van der Waals surface area contributed by atoms with Gasteiger partial charge in [-0.15, -0.1) is 0 Å². The van der Waals surface area contributed by atoms with Crippen molar-refractivity contribution in [2.75, 3.05) is 16.8 Å². The number of aromatic nitrogens is 3. The van der Waals surface area contributed by atoms with Crippen molar-refractivity contribution in [3.63, 3.8) is 0 Å². The van der Waals surface area contributed by atoms with Crippen molar-refractivity contribution < 1.29 is 14.0 Å². The molecule has 8 nitrogen and oxygen atoms in total. The van der Waals surface area contributed by atoms with Gasteiger partial charge < -0.3 is 15.6 Å². The Morgan fingerprint density at radius 2 is 2.06 bits per heavy atom. The Bertz CT molecular complexity index is 1330. The van der Waals surface area contributed by atoms with Crippen molar-refractivity contribution in [3.8, 4) is 11.1 Å². The minimum atomic E-state index is -0.789. The SMILES string of the molecule is CC(=N)[C@@]1(C2CC2)CCN(c2cc(F)nc(NC(=O)Cc3cccc(-c4cnn(C)c4)c3)c2)C1=O. The number of nitrogens with one attached hydrogen (secondary N) is 2. The summed E-state index contributed by atoms with van der Waals surface area (Å²) in [5, 5.41) is 15.1. The minimum Gasteiger partial charge on any atom is -0.311 e. The van der Waals surface area contributed by atoms with Crippen molar-refractivity contribution in [1.82, 2.24) is 14.8 Å². The fourth-order valence-electron chi connectivity index (χ4n) is 5.10. The van der Waals surface area contributed by atoms with Crippen molar-refractivity contribution >= 4 is 29.0 Å². The van der Waals surface area contributed by atoms with Gasteiger partial charge in [0.1, 0.15) is 5.82 Å². The molecule has 3 heterocycles. The lowest BCUT2D eigenvalue weighted by Gasteiger charge is -2.27. The van der Waals surface area contributed by atoms with Crippen LogP contribution < -0.4 is 10.2 Å². The summed E-state index contributed by atoms with van der Waals surface area (Å²) < 4.78 is 16.1. The lowest BCUT2D eigenvalue weighted by atomic mass is 9.77. The van der Waals surface area contributed by atoms with Crippen LogP contribution in [0.4, 0.5) is 15.9 Å². The molecule has 2 aromatic heterocycles. The number of anilines is 2. The summed E-state index contributed by atoms with van der Waals surface area (Å²) in [5.41, 5.74) is 2.62. The van der Waals surface area contributed by atoms with E-state index in [4.69, 9.17) is 5.41 Å². The Morgan fingerprint density at radius 1 is 1.26 bits per heavy atom. The Kier molecular flexibility index (Phi) is 5.70. The molecule has 35 heavy (non-hydrogen) atoms. The number of aryl methyl sites for hydroxylation is 1. The molecule has 180 valence electrons. The van der Waals surface area contributed by atoms with Gasteiger partial charge in [-0.3, -0.25) is 14.3 Å². The van der Waals surface area contributed by atoms with Gasteiger partial charge in [0, 0.05) is 43.2 Å². The first-order valence-corrected chi connectivity index (χ1v) is 11.7. The highest BCUT2D eigenvalue weighted by molar-refractivity contribution is 6.15. The average Bonchev–Trinajstić information content (AvgIpc) is 3.46. The summed E-state index contributed by atoms with van der Waals surface area (Å²) in [4.78, 5) is 31.4. The molecule has 1 atom stereocenters. The predicted molar refractivity (Wildman–Crippen MR) is 131 cm³/mol. The van der Waals surface area contributed by atoms with Crippen molar-refractivity contribution in [3.05, 3.63) is 60.3 Å². The maximum Gasteiger partial charge on any atom is 0.239 e. The minimum absolute atomic E-state index is 0.0525. The van der Waals surface area contributed by atoms with Gasteiger partial charge in [-0.25, -0.2) is 4.98 Å². The fourth-order valence-corrected chi connectivity index (χ4v) is 5.10. The smallest absolute Gasteiger partial charge is 0.239 e. The second-order valence-electron chi connectivity index (χ2n) is 9.44. The molecule has 1 aromatic carbocycles. The highest BCUT2D eigenvalue weighted by atomic mass is 19.1. The number of hydrogen-bond acceptors (Lipinski definition) is 5. The third-order valence-corrected chi connectivity index (χ3v) is 6.99. The van der Waals surface area contributed by atoms with Crippen LogP contribution in [0.3, 0.4) is 0 Å². The standard InChI is InChI=1S/C26H27FN6O2/c1-16(28)26(20-6-7-20)8-9-33(25(26)35)21-12-22(27)30-23(13-21)31-24(34)11-17-4-3-5-18(10-17)19-14-29-32(2)15-19/h3-5,10,12-15,20,28H,6-9,11H2,1-2H3,(H,30,31,34)/t26-/m1/s1. The monoisotopic (exact) mass is 474 g/mol. The third-order valence-electron chi connectivity index (χ3n) is 6.99. The van der Waals surface area contributed by atoms with Gasteiger partial charge in [-0.2, -0.15) is 9.49 Å². The molecule has 1 aliphatic heterocycles. The van der Waals surface area contributed by atoms with E-state index in [2.05, 4.69) is 15.4 Å². The Balaban J connectivity index is 1.31. The Hall–Kier alpha value is -3.88. The molecule has 0 radical (unpaired) electrons. The lowest BCUT2D eigenvalue weighted by molar-refractivity contribution is -0.123. The van der Waals surface area contributed by atoms with Crippen LogP contribution in [0.5, 0.6) is 0 Å². The van der Waals surface area contributed by atoms with Crippen LogP contribution in [0.15, 0.2) is 48.8 Å². The summed E-state index contributed by atoms with van der Waals surface area (Å²) in [7, 11) is 1.84. The predicted octanol–water partition coefficient (Wildman–Crippen LogP) is 3.98. The first-order valence-electron chi connectivity index (χ1n) is 11.7. The topological polar surface area (TPSA) is 104 Å². The molecule has 0 unspecified atom stereocenters. The lowest BCUT2D eigenvalue weighted by Crippen LogP contribution is -2.41. The van der Waals surface area contributed by atoms with Gasteiger partial charge in [-0.05, 0) is 43.2 Å². The number of pyridine rings is 1. The van der Waals surface area contributed by atoms with Crippen LogP contribution in [-0.2, 0) is 23.1 Å². The number of carbonyl (C=O) groups excluding carboxylic acids is 2. The van der Waals surface area contributed by atoms with Crippen LogP contribution >= 0.6 is 0 Å². The molecular weight excluding hydrogens is 447 g/mol. The number of carbonyl (C=O) groups is 2. The van der Waals surface area contributed by atoms with E-state index in [0.29, 0.717) is 24.4 Å². The highest BCUT2D eigenvalue weighted by Crippen LogP contribution is 2.53. The van der Waals surface area contributed by atoms with E-state index >= 15 is 0 Å². The van der Waals surface area contributed by atoms with Gasteiger partial charge >= 0.3 is 0 Å². The fraction of sp³-hybridized carbons (Fsp3) is 0.346. The molecule has 2 N–H and O–H groups in total. The summed E-state index contributed by atoms with van der Waals surface area (Å²) in [6.07, 6.45) is 6.16. The summed E-state index contributed by atoms with van der Waals surface area (Å²) >= 11 is 0. The molecule has 3 aromatic rings. The zero-order valence-corrected chi connectivity index (χ0v) is 19.7. The van der Waals surface area contributed by atoms with Crippen molar-refractivity contribution in [1.29, 1.82) is 5.41 Å². The van der Waals surface area contributed by atoms with Crippen molar-refractivity contribution in [2.24, 2.45) is 18.4 Å². The summed E-state index contributed by atoms with van der Waals surface area (Å²) in [6.45, 7) is 2.09. The van der Waals surface area contributed by atoms with Crippen LogP contribution in [-0.4, -0.2) is 38.8 Å². The van der Waals surface area contributed by atoms with Gasteiger partial charge in [0.25, 0.3) is 0 Å². The van der Waals surface area contributed by atoms with Crippen molar-refractivity contribution in [2.45, 2.75) is 32.6 Å². The van der Waals surface area contributed by atoms with E-state index in [1.165, 1.54) is 17.0 Å². The summed E-state index contributed by atoms with van der Waals surface area (Å²) in [5.74, 6) is -1.04. The second kappa shape index (κ2) is 8.72. The number of amides is 2. The highest BCUT2D eigenvalue weighted by Gasteiger charge is 2.57. The quantitative estimate of drug-likeness (QED) is 0.399.